The molecule has 8 heteroatoms. The van der Waals surface area contributed by atoms with E-state index in [2.05, 4.69) is 10.1 Å². The fraction of sp³-hybridized carbons (Fsp3) is 0.273. The van der Waals surface area contributed by atoms with Gasteiger partial charge in [0.25, 0.3) is 6.17 Å². The number of para-hydroxylation sites is 1. The van der Waals surface area contributed by atoms with Gasteiger partial charge < -0.3 is 4.74 Å². The second-order valence-corrected chi connectivity index (χ2v) is 7.73. The van der Waals surface area contributed by atoms with Crippen molar-refractivity contribution in [2.45, 2.75) is 31.1 Å². The lowest BCUT2D eigenvalue weighted by Gasteiger charge is -2.32. The molecule has 1 atom stereocenters. The van der Waals surface area contributed by atoms with Gasteiger partial charge in [0, 0.05) is 17.1 Å². The first kappa shape index (κ1) is 20.2. The largest absolute Gasteiger partial charge is 0.497 e. The van der Waals surface area contributed by atoms with Crippen molar-refractivity contribution >= 4 is 23.4 Å². The second-order valence-electron chi connectivity index (χ2n) is 6.94. The lowest BCUT2D eigenvalue weighted by molar-refractivity contribution is -0.763. The van der Waals surface area contributed by atoms with Crippen LogP contribution in [0.4, 0.5) is 5.69 Å². The molecule has 0 saturated heterocycles. The van der Waals surface area contributed by atoms with E-state index in [4.69, 9.17) is 4.74 Å². The molecule has 154 valence electrons. The Balaban J connectivity index is 2.06. The van der Waals surface area contributed by atoms with Gasteiger partial charge in [-0.15, -0.1) is 0 Å². The molecule has 0 bridgehead atoms. The van der Waals surface area contributed by atoms with Crippen LogP contribution in [-0.2, 0) is 4.79 Å². The Morgan fingerprint density at radius 3 is 2.80 bits per heavy atom. The maximum atomic E-state index is 13.3. The molecule has 0 fully saturated rings. The Labute approximate surface area is 178 Å². The van der Waals surface area contributed by atoms with E-state index in [0.29, 0.717) is 34.3 Å². The number of nitrogens with zero attached hydrogens (tertiary/aromatic N) is 3. The zero-order valence-electron chi connectivity index (χ0n) is 17.1. The monoisotopic (exact) mass is 423 g/mol. The number of anilines is 1. The number of hydrogen-bond donors (Lipinski definition) is 1. The minimum absolute atomic E-state index is 0.0243. The van der Waals surface area contributed by atoms with Gasteiger partial charge in [0.05, 0.1) is 18.4 Å². The van der Waals surface area contributed by atoms with Crippen LogP contribution in [0.1, 0.15) is 31.5 Å². The van der Waals surface area contributed by atoms with Crippen LogP contribution < -0.4 is 19.9 Å². The van der Waals surface area contributed by atoms with Crippen molar-refractivity contribution < 1.29 is 14.2 Å². The maximum Gasteiger partial charge on any atom is 0.325 e. The second kappa shape index (κ2) is 8.31. The molecule has 30 heavy (non-hydrogen) atoms. The van der Waals surface area contributed by atoms with Crippen LogP contribution in [0.5, 0.6) is 5.75 Å². The van der Waals surface area contributed by atoms with Crippen LogP contribution in [0.2, 0.25) is 0 Å². The van der Waals surface area contributed by atoms with Crippen LogP contribution in [-0.4, -0.2) is 29.4 Å². The van der Waals surface area contributed by atoms with Gasteiger partial charge in [-0.25, -0.2) is 4.90 Å². The third kappa shape index (κ3) is 3.37. The summed E-state index contributed by atoms with van der Waals surface area (Å²) in [6.07, 6.45) is 2.36. The first-order chi connectivity index (χ1) is 14.6. The molecule has 1 amide bonds. The molecular formula is C22H23N4O3S+. The number of hydrogen-bond acceptors (Lipinski definition) is 5. The Bertz CT molecular complexity index is 1160. The highest BCUT2D eigenvalue weighted by molar-refractivity contribution is 7.98. The SMILES string of the molecule is CCCC(=O)N1c2ccccc2-c2c(=O)[nH]c(SC)n[n+]2C1c1cccc(OC)c1. The number of H-pyrrole nitrogens is 1. The number of carbonyl (C=O) groups is 1. The Morgan fingerprint density at radius 2 is 2.07 bits per heavy atom. The fourth-order valence-corrected chi connectivity index (χ4v) is 4.13. The van der Waals surface area contributed by atoms with Gasteiger partial charge in [-0.1, -0.05) is 36.9 Å². The first-order valence-electron chi connectivity index (χ1n) is 9.74. The summed E-state index contributed by atoms with van der Waals surface area (Å²) >= 11 is 1.35. The lowest BCUT2D eigenvalue weighted by Crippen LogP contribution is -2.60. The van der Waals surface area contributed by atoms with Crippen molar-refractivity contribution in [3.8, 4) is 17.0 Å². The van der Waals surface area contributed by atoms with E-state index in [1.54, 1.807) is 16.7 Å². The number of carbonyl (C=O) groups excluding carboxylic acids is 1. The first-order valence-corrected chi connectivity index (χ1v) is 11.0. The highest BCUT2D eigenvalue weighted by Gasteiger charge is 2.45. The molecule has 0 aliphatic carbocycles. The standard InChI is InChI=1S/C22H22N4O3S/c1-4-8-18(27)25-17-12-6-5-11-16(17)19-20(28)23-22(30-3)24-26(19)21(25)14-9-7-10-15(13-14)29-2/h5-7,9-13,21H,4,8H2,1-3H3/p+1. The highest BCUT2D eigenvalue weighted by Crippen LogP contribution is 2.38. The number of thioether (sulfide) groups is 1. The lowest BCUT2D eigenvalue weighted by atomic mass is 10.0. The number of aromatic amines is 1. The van der Waals surface area contributed by atoms with Gasteiger partial charge in [-0.2, -0.15) is 0 Å². The summed E-state index contributed by atoms with van der Waals surface area (Å²) in [6.45, 7) is 1.98. The molecule has 1 N–H and O–H groups in total. The number of methoxy groups -OCH3 is 1. The van der Waals surface area contributed by atoms with E-state index >= 15 is 0 Å². The van der Waals surface area contributed by atoms with Crippen molar-refractivity contribution in [1.82, 2.24) is 10.1 Å². The minimum Gasteiger partial charge on any atom is -0.497 e. The molecule has 0 saturated carbocycles. The molecular weight excluding hydrogens is 400 g/mol. The van der Waals surface area contributed by atoms with E-state index in [9.17, 15) is 9.59 Å². The number of amides is 1. The smallest absolute Gasteiger partial charge is 0.325 e. The van der Waals surface area contributed by atoms with Crippen molar-refractivity contribution in [3.63, 3.8) is 0 Å². The Hall–Kier alpha value is -3.13. The number of rotatable bonds is 5. The third-order valence-electron chi connectivity index (χ3n) is 5.08. The third-order valence-corrected chi connectivity index (χ3v) is 5.65. The van der Waals surface area contributed by atoms with Crippen LogP contribution in [0.25, 0.3) is 11.3 Å². The van der Waals surface area contributed by atoms with Crippen LogP contribution >= 0.6 is 11.8 Å². The normalized spacial score (nSPS) is 14.8. The van der Waals surface area contributed by atoms with Gasteiger partial charge >= 0.3 is 11.3 Å². The number of aromatic nitrogens is 3. The van der Waals surface area contributed by atoms with E-state index in [0.717, 1.165) is 12.0 Å². The molecule has 2 heterocycles. The summed E-state index contributed by atoms with van der Waals surface area (Å²) in [6, 6.07) is 15.0. The van der Waals surface area contributed by atoms with E-state index in [1.165, 1.54) is 11.8 Å². The molecule has 0 radical (unpaired) electrons. The molecule has 0 spiro atoms. The summed E-state index contributed by atoms with van der Waals surface area (Å²) in [4.78, 5) is 30.9. The van der Waals surface area contributed by atoms with Crippen molar-refractivity contribution in [2.75, 3.05) is 18.3 Å². The van der Waals surface area contributed by atoms with Gasteiger partial charge in [-0.05, 0) is 47.7 Å². The van der Waals surface area contributed by atoms with E-state index < -0.39 is 6.17 Å². The number of fused-ring (bicyclic) bond motifs is 3. The molecule has 4 rings (SSSR count). The Morgan fingerprint density at radius 1 is 1.27 bits per heavy atom. The maximum absolute atomic E-state index is 13.3. The molecule has 3 aromatic rings. The zero-order valence-corrected chi connectivity index (χ0v) is 17.9. The number of ether oxygens (including phenoxy) is 1. The van der Waals surface area contributed by atoms with Crippen molar-refractivity contribution in [2.24, 2.45) is 0 Å². The summed E-state index contributed by atoms with van der Waals surface area (Å²) < 4.78 is 7.07. The quantitative estimate of drug-likeness (QED) is 0.504. The fourth-order valence-electron chi connectivity index (χ4n) is 3.77. The average molecular weight is 424 g/mol. The van der Waals surface area contributed by atoms with Gasteiger partial charge in [0.1, 0.15) is 5.75 Å². The summed E-state index contributed by atoms with van der Waals surface area (Å²) in [5.41, 5.74) is 2.38. The summed E-state index contributed by atoms with van der Waals surface area (Å²) in [5, 5.41) is 5.17. The molecule has 2 aromatic carbocycles. The van der Waals surface area contributed by atoms with Crippen LogP contribution in [0, 0.1) is 0 Å². The average Bonchev–Trinajstić information content (AvgIpc) is 2.77. The van der Waals surface area contributed by atoms with Gasteiger partial charge in [-0.3, -0.25) is 14.6 Å². The van der Waals surface area contributed by atoms with E-state index in [-0.39, 0.29) is 11.5 Å². The number of nitrogens with one attached hydrogen (secondary N) is 1. The van der Waals surface area contributed by atoms with Crippen LogP contribution in [0.15, 0.2) is 58.5 Å². The minimum atomic E-state index is -0.600. The molecule has 1 aromatic heterocycles. The van der Waals surface area contributed by atoms with Crippen molar-refractivity contribution in [3.05, 3.63) is 64.4 Å². The molecule has 7 nitrogen and oxygen atoms in total. The van der Waals surface area contributed by atoms with Gasteiger partial charge in [0.2, 0.25) is 11.1 Å². The molecule has 1 unspecified atom stereocenters. The predicted molar refractivity (Wildman–Crippen MR) is 116 cm³/mol. The summed E-state index contributed by atoms with van der Waals surface area (Å²) in [7, 11) is 1.60. The van der Waals surface area contributed by atoms with Gasteiger partial charge in [0.15, 0.2) is 0 Å². The number of benzene rings is 2. The predicted octanol–water partition coefficient (Wildman–Crippen LogP) is 3.15. The topological polar surface area (TPSA) is 79.2 Å². The van der Waals surface area contributed by atoms with E-state index in [1.807, 2.05) is 61.7 Å². The molecule has 1 aliphatic heterocycles. The summed E-state index contributed by atoms with van der Waals surface area (Å²) in [5.74, 6) is 0.648. The highest BCUT2D eigenvalue weighted by atomic mass is 32.2. The van der Waals surface area contributed by atoms with Crippen molar-refractivity contribution in [1.29, 1.82) is 0 Å². The molecule has 1 aliphatic rings. The Kier molecular flexibility index (Phi) is 5.59. The van der Waals surface area contributed by atoms with Crippen LogP contribution in [0.3, 0.4) is 0 Å². The zero-order chi connectivity index (χ0) is 21.3.